The van der Waals surface area contributed by atoms with Crippen LogP contribution < -0.4 is 5.32 Å². The molecular formula is C69H127NO5. The van der Waals surface area contributed by atoms with E-state index in [-0.39, 0.29) is 18.5 Å². The average molecular weight is 1050 g/mol. The number of unbranched alkanes of at least 4 members (excludes halogenated alkanes) is 42. The lowest BCUT2D eigenvalue weighted by Crippen LogP contribution is -2.45. The first kappa shape index (κ1) is 72.6. The number of ether oxygens (including phenoxy) is 1. The molecule has 0 heterocycles. The standard InChI is InChI=1S/C69H127NO5/c1-3-5-7-9-11-13-14-15-16-37-40-43-47-51-55-59-63-69(74)75-64-60-56-52-48-44-41-38-35-33-31-29-27-25-23-21-19-17-18-20-22-24-26-28-30-32-34-36-39-42-46-50-54-58-62-68(73)70-66(65-71)67(72)61-57-53-49-45-12-10-8-6-4-2/h13-14,16,21,23,27,29,37,57,61,66-67,71-72H,3-12,15,17-20,22,24-26,28,30-36,38-56,58-60,62-65H2,1-2H3,(H,70,73)/b14-13-,23-21-,29-27-,37-16-,61-57+. The van der Waals surface area contributed by atoms with E-state index in [9.17, 15) is 19.8 Å². The van der Waals surface area contributed by atoms with Crippen LogP contribution in [-0.2, 0) is 14.3 Å². The van der Waals surface area contributed by atoms with Gasteiger partial charge in [-0.05, 0) is 96.3 Å². The number of hydrogen-bond acceptors (Lipinski definition) is 5. The third-order valence-electron chi connectivity index (χ3n) is 15.0. The lowest BCUT2D eigenvalue weighted by Gasteiger charge is -2.20. The molecule has 0 saturated heterocycles. The summed E-state index contributed by atoms with van der Waals surface area (Å²) in [7, 11) is 0. The molecule has 75 heavy (non-hydrogen) atoms. The van der Waals surface area contributed by atoms with Gasteiger partial charge in [-0.15, -0.1) is 0 Å². The number of carbonyl (C=O) groups is 2. The number of esters is 1. The Bertz CT molecular complexity index is 1300. The lowest BCUT2D eigenvalue weighted by molar-refractivity contribution is -0.143. The SMILES string of the molecule is CCCCCC/C=C\C/C=C\CCCCCCCC(=O)OCCCCCCCCCCC/C=C\C/C=C\CCCCCCCCCCCCCCCCCCCC(=O)NC(CO)C(O)/C=C/CCCCCCCCC. The molecule has 0 fully saturated rings. The normalized spacial score (nSPS) is 13.0. The van der Waals surface area contributed by atoms with E-state index in [1.54, 1.807) is 6.08 Å². The van der Waals surface area contributed by atoms with E-state index in [0.717, 1.165) is 57.8 Å². The summed E-state index contributed by atoms with van der Waals surface area (Å²) in [5.41, 5.74) is 0. The Hall–Kier alpha value is -2.44. The molecule has 1 amide bonds. The van der Waals surface area contributed by atoms with E-state index < -0.39 is 12.1 Å². The van der Waals surface area contributed by atoms with Crippen molar-refractivity contribution < 1.29 is 24.5 Å². The largest absolute Gasteiger partial charge is 0.466 e. The van der Waals surface area contributed by atoms with Crippen LogP contribution in [0.3, 0.4) is 0 Å². The molecule has 6 nitrogen and oxygen atoms in total. The van der Waals surface area contributed by atoms with Gasteiger partial charge in [0, 0.05) is 12.8 Å². The highest BCUT2D eigenvalue weighted by atomic mass is 16.5. The topological polar surface area (TPSA) is 95.9 Å². The minimum absolute atomic E-state index is 0.0000723. The highest BCUT2D eigenvalue weighted by Gasteiger charge is 2.18. The Morgan fingerprint density at radius 3 is 1.03 bits per heavy atom. The molecule has 2 unspecified atom stereocenters. The molecule has 0 rings (SSSR count). The van der Waals surface area contributed by atoms with E-state index in [2.05, 4.69) is 67.8 Å². The highest BCUT2D eigenvalue weighted by molar-refractivity contribution is 5.76. The summed E-state index contributed by atoms with van der Waals surface area (Å²) >= 11 is 0. The van der Waals surface area contributed by atoms with Crippen molar-refractivity contribution in [2.45, 2.75) is 353 Å². The number of nitrogens with one attached hydrogen (secondary N) is 1. The minimum atomic E-state index is -0.841. The number of hydrogen-bond donors (Lipinski definition) is 3. The Morgan fingerprint density at radius 2 is 0.667 bits per heavy atom. The van der Waals surface area contributed by atoms with Crippen LogP contribution in [0.25, 0.3) is 0 Å². The number of aliphatic hydroxyl groups excluding tert-OH is 2. The van der Waals surface area contributed by atoms with Gasteiger partial charge in [0.05, 0.1) is 25.4 Å². The van der Waals surface area contributed by atoms with Crippen LogP contribution in [0.4, 0.5) is 0 Å². The zero-order chi connectivity index (χ0) is 54.3. The molecule has 0 aromatic carbocycles. The summed E-state index contributed by atoms with van der Waals surface area (Å²) in [6.07, 6.45) is 84.4. The fourth-order valence-electron chi connectivity index (χ4n) is 9.93. The van der Waals surface area contributed by atoms with Crippen molar-refractivity contribution in [2.75, 3.05) is 13.2 Å². The van der Waals surface area contributed by atoms with Crippen molar-refractivity contribution in [3.05, 3.63) is 60.8 Å². The van der Waals surface area contributed by atoms with Gasteiger partial charge in [-0.25, -0.2) is 0 Å². The molecule has 0 aliphatic heterocycles. The zero-order valence-corrected chi connectivity index (χ0v) is 50.0. The Kier molecular flexibility index (Phi) is 62.0. The van der Waals surface area contributed by atoms with Crippen LogP contribution in [0, 0.1) is 0 Å². The molecule has 0 aliphatic rings. The number of rotatable bonds is 61. The molecule has 6 heteroatoms. The van der Waals surface area contributed by atoms with Gasteiger partial charge in [0.25, 0.3) is 0 Å². The first-order valence-electron chi connectivity index (χ1n) is 33.1. The lowest BCUT2D eigenvalue weighted by atomic mass is 10.0. The Morgan fingerprint density at radius 1 is 0.373 bits per heavy atom. The van der Waals surface area contributed by atoms with Crippen LogP contribution in [-0.4, -0.2) is 47.4 Å². The van der Waals surface area contributed by atoms with E-state index >= 15 is 0 Å². The zero-order valence-electron chi connectivity index (χ0n) is 50.0. The van der Waals surface area contributed by atoms with E-state index in [1.807, 2.05) is 6.08 Å². The maximum absolute atomic E-state index is 12.4. The predicted molar refractivity (Wildman–Crippen MR) is 328 cm³/mol. The van der Waals surface area contributed by atoms with Gasteiger partial charge < -0.3 is 20.3 Å². The molecule has 0 spiro atoms. The van der Waals surface area contributed by atoms with E-state index in [4.69, 9.17) is 4.74 Å². The fraction of sp³-hybridized carbons (Fsp3) is 0.826. The predicted octanol–water partition coefficient (Wildman–Crippen LogP) is 21.1. The minimum Gasteiger partial charge on any atom is -0.466 e. The summed E-state index contributed by atoms with van der Waals surface area (Å²) < 4.78 is 5.48. The van der Waals surface area contributed by atoms with E-state index in [0.29, 0.717) is 19.4 Å². The monoisotopic (exact) mass is 1050 g/mol. The van der Waals surface area contributed by atoms with Gasteiger partial charge in [0.1, 0.15) is 0 Å². The molecule has 0 aromatic heterocycles. The van der Waals surface area contributed by atoms with Crippen LogP contribution >= 0.6 is 0 Å². The summed E-state index contributed by atoms with van der Waals surface area (Å²) in [6, 6.07) is -0.625. The van der Waals surface area contributed by atoms with Gasteiger partial charge in [0.15, 0.2) is 0 Å². The van der Waals surface area contributed by atoms with Gasteiger partial charge in [-0.1, -0.05) is 293 Å². The van der Waals surface area contributed by atoms with Crippen molar-refractivity contribution >= 4 is 11.9 Å². The Balaban J connectivity index is 3.38. The average Bonchev–Trinajstić information content (AvgIpc) is 3.41. The van der Waals surface area contributed by atoms with Crippen molar-refractivity contribution in [3.8, 4) is 0 Å². The molecule has 0 aromatic rings. The van der Waals surface area contributed by atoms with Gasteiger partial charge >= 0.3 is 5.97 Å². The van der Waals surface area contributed by atoms with Gasteiger partial charge in [0.2, 0.25) is 5.91 Å². The van der Waals surface area contributed by atoms with Crippen molar-refractivity contribution in [1.29, 1.82) is 0 Å². The number of amides is 1. The number of carbonyl (C=O) groups excluding carboxylic acids is 2. The van der Waals surface area contributed by atoms with Crippen molar-refractivity contribution in [1.82, 2.24) is 5.32 Å². The van der Waals surface area contributed by atoms with Crippen LogP contribution in [0.2, 0.25) is 0 Å². The third-order valence-corrected chi connectivity index (χ3v) is 15.0. The summed E-state index contributed by atoms with van der Waals surface area (Å²) in [5.74, 6) is -0.0688. The second kappa shape index (κ2) is 64.1. The molecule has 2 atom stereocenters. The summed E-state index contributed by atoms with van der Waals surface area (Å²) in [4.78, 5) is 24.5. The maximum Gasteiger partial charge on any atom is 0.305 e. The van der Waals surface area contributed by atoms with Crippen molar-refractivity contribution in [2.24, 2.45) is 0 Å². The molecule has 3 N–H and O–H groups in total. The van der Waals surface area contributed by atoms with Crippen molar-refractivity contribution in [3.63, 3.8) is 0 Å². The van der Waals surface area contributed by atoms with Gasteiger partial charge in [-0.3, -0.25) is 9.59 Å². The first-order valence-corrected chi connectivity index (χ1v) is 33.1. The second-order valence-electron chi connectivity index (χ2n) is 22.4. The van der Waals surface area contributed by atoms with Crippen LogP contribution in [0.5, 0.6) is 0 Å². The highest BCUT2D eigenvalue weighted by Crippen LogP contribution is 2.17. The molecule has 0 radical (unpaired) electrons. The quantitative estimate of drug-likeness (QED) is 0.0320. The molecule has 0 saturated carbocycles. The van der Waals surface area contributed by atoms with E-state index in [1.165, 1.54) is 257 Å². The molecule has 0 aliphatic carbocycles. The summed E-state index contributed by atoms with van der Waals surface area (Å²) in [6.45, 7) is 4.86. The smallest absolute Gasteiger partial charge is 0.305 e. The fourth-order valence-corrected chi connectivity index (χ4v) is 9.93. The number of aliphatic hydroxyl groups is 2. The van der Waals surface area contributed by atoms with Crippen LogP contribution in [0.15, 0.2) is 60.8 Å². The van der Waals surface area contributed by atoms with Crippen LogP contribution in [0.1, 0.15) is 341 Å². The molecular weight excluding hydrogens is 923 g/mol. The van der Waals surface area contributed by atoms with Gasteiger partial charge in [-0.2, -0.15) is 0 Å². The Labute approximate surface area is 467 Å². The second-order valence-corrected chi connectivity index (χ2v) is 22.4. The third kappa shape index (κ3) is 60.6. The first-order chi connectivity index (χ1) is 37.0. The number of allylic oxidation sites excluding steroid dienone is 9. The molecule has 438 valence electrons. The maximum atomic E-state index is 12.4. The molecule has 0 bridgehead atoms. The summed E-state index contributed by atoms with van der Waals surface area (Å²) in [5, 5.41) is 23.0.